The lowest BCUT2D eigenvalue weighted by molar-refractivity contribution is 0.385. The third-order valence-electron chi connectivity index (χ3n) is 2.98. The fourth-order valence-corrected chi connectivity index (χ4v) is 2.07. The van der Waals surface area contributed by atoms with Gasteiger partial charge in [0.25, 0.3) is 0 Å². The van der Waals surface area contributed by atoms with Crippen LogP contribution in [-0.4, -0.2) is 23.4 Å². The molecule has 0 aromatic carbocycles. The van der Waals surface area contributed by atoms with Gasteiger partial charge in [0.2, 0.25) is 0 Å². The second-order valence-electron chi connectivity index (χ2n) is 4.09. The van der Waals surface area contributed by atoms with Crippen LogP contribution >= 0.6 is 0 Å². The predicted octanol–water partition coefficient (Wildman–Crippen LogP) is 1.49. The average Bonchev–Trinajstić information content (AvgIpc) is 3.00. The first-order valence-corrected chi connectivity index (χ1v) is 5.57. The normalized spacial score (nSPS) is 17.8. The molecule has 1 N–H and O–H groups in total. The van der Waals surface area contributed by atoms with Crippen LogP contribution in [0.25, 0.3) is 0 Å². The average molecular weight is 209 g/mol. The van der Waals surface area contributed by atoms with E-state index in [0.717, 1.165) is 18.2 Å². The molecule has 1 aliphatic carbocycles. The van der Waals surface area contributed by atoms with Gasteiger partial charge in [-0.05, 0) is 25.3 Å². The quantitative estimate of drug-likeness (QED) is 0.798. The van der Waals surface area contributed by atoms with E-state index in [2.05, 4.69) is 17.3 Å². The molecule has 0 amide bonds. The van der Waals surface area contributed by atoms with Gasteiger partial charge >= 0.3 is 0 Å². The maximum absolute atomic E-state index is 5.35. The fraction of sp³-hybridized carbons (Fsp3) is 0.727. The van der Waals surface area contributed by atoms with Crippen molar-refractivity contribution in [2.45, 2.75) is 25.8 Å². The van der Waals surface area contributed by atoms with Gasteiger partial charge in [0, 0.05) is 7.05 Å². The largest absolute Gasteiger partial charge is 0.493 e. The molecule has 1 saturated carbocycles. The molecule has 0 aliphatic heterocycles. The molecule has 0 radical (unpaired) electrons. The number of nitrogens with zero attached hydrogens (tertiary/aromatic N) is 2. The van der Waals surface area contributed by atoms with Crippen molar-refractivity contribution in [1.29, 1.82) is 0 Å². The second-order valence-corrected chi connectivity index (χ2v) is 4.09. The number of hydrogen-bond acceptors (Lipinski definition) is 3. The fourth-order valence-electron chi connectivity index (χ4n) is 2.07. The van der Waals surface area contributed by atoms with Crippen molar-refractivity contribution in [3.05, 3.63) is 11.9 Å². The zero-order valence-corrected chi connectivity index (χ0v) is 9.66. The molecule has 0 spiro atoms. The molecule has 84 valence electrons. The summed E-state index contributed by atoms with van der Waals surface area (Å²) in [4.78, 5) is 0. The van der Waals surface area contributed by atoms with E-state index in [1.807, 2.05) is 11.7 Å². The SMILES string of the molecule is CCNC(c1c(OC)cnn1C)C1CC1. The van der Waals surface area contributed by atoms with Crippen LogP contribution in [0.3, 0.4) is 0 Å². The zero-order valence-electron chi connectivity index (χ0n) is 9.66. The van der Waals surface area contributed by atoms with Crippen LogP contribution in [-0.2, 0) is 7.05 Å². The standard InChI is InChI=1S/C11H19N3O/c1-4-12-10(8-5-6-8)11-9(15-3)7-13-14(11)2/h7-8,10,12H,4-6H2,1-3H3. The summed E-state index contributed by atoms with van der Waals surface area (Å²) in [6, 6.07) is 0.400. The van der Waals surface area contributed by atoms with Gasteiger partial charge in [-0.2, -0.15) is 5.10 Å². The zero-order chi connectivity index (χ0) is 10.8. The lowest BCUT2D eigenvalue weighted by atomic mass is 10.1. The molecule has 1 aliphatic rings. The number of hydrogen-bond donors (Lipinski definition) is 1. The summed E-state index contributed by atoms with van der Waals surface area (Å²) in [7, 11) is 3.68. The van der Waals surface area contributed by atoms with Gasteiger partial charge in [-0.1, -0.05) is 6.92 Å². The van der Waals surface area contributed by atoms with Crippen LogP contribution in [0.4, 0.5) is 0 Å². The van der Waals surface area contributed by atoms with E-state index in [0.29, 0.717) is 6.04 Å². The molecule has 4 heteroatoms. The molecule has 1 atom stereocenters. The van der Waals surface area contributed by atoms with Crippen LogP contribution < -0.4 is 10.1 Å². The molecular weight excluding hydrogens is 190 g/mol. The molecule has 2 rings (SSSR count). The molecule has 1 unspecified atom stereocenters. The molecule has 0 bridgehead atoms. The molecule has 1 heterocycles. The number of aryl methyl sites for hydroxylation is 1. The van der Waals surface area contributed by atoms with Gasteiger partial charge in [0.1, 0.15) is 0 Å². The maximum atomic E-state index is 5.35. The Bertz CT molecular complexity index is 331. The molecule has 4 nitrogen and oxygen atoms in total. The summed E-state index contributed by atoms with van der Waals surface area (Å²) in [5.74, 6) is 1.66. The third-order valence-corrected chi connectivity index (χ3v) is 2.98. The summed E-state index contributed by atoms with van der Waals surface area (Å²) >= 11 is 0. The predicted molar refractivity (Wildman–Crippen MR) is 58.9 cm³/mol. The van der Waals surface area contributed by atoms with E-state index in [4.69, 9.17) is 4.74 Å². The minimum atomic E-state index is 0.400. The summed E-state index contributed by atoms with van der Waals surface area (Å²) in [5.41, 5.74) is 1.18. The van der Waals surface area contributed by atoms with Crippen LogP contribution in [0.15, 0.2) is 6.20 Å². The number of nitrogens with one attached hydrogen (secondary N) is 1. The number of methoxy groups -OCH3 is 1. The van der Waals surface area contributed by atoms with Crippen molar-refractivity contribution >= 4 is 0 Å². The Morgan fingerprint density at radius 3 is 2.93 bits per heavy atom. The van der Waals surface area contributed by atoms with Crippen molar-refractivity contribution < 1.29 is 4.74 Å². The van der Waals surface area contributed by atoms with E-state index in [-0.39, 0.29) is 0 Å². The van der Waals surface area contributed by atoms with Gasteiger partial charge < -0.3 is 10.1 Å². The van der Waals surface area contributed by atoms with E-state index < -0.39 is 0 Å². The van der Waals surface area contributed by atoms with Crippen molar-refractivity contribution in [3.8, 4) is 5.75 Å². The van der Waals surface area contributed by atoms with E-state index in [1.54, 1.807) is 13.3 Å². The Balaban J connectivity index is 2.26. The van der Waals surface area contributed by atoms with Gasteiger partial charge in [-0.25, -0.2) is 0 Å². The lowest BCUT2D eigenvalue weighted by Gasteiger charge is -2.18. The maximum Gasteiger partial charge on any atom is 0.161 e. The van der Waals surface area contributed by atoms with Gasteiger partial charge in [-0.3, -0.25) is 4.68 Å². The second kappa shape index (κ2) is 4.23. The summed E-state index contributed by atoms with van der Waals surface area (Å²) in [6.45, 7) is 3.12. The minimum absolute atomic E-state index is 0.400. The highest BCUT2D eigenvalue weighted by atomic mass is 16.5. The first-order valence-electron chi connectivity index (χ1n) is 5.57. The van der Waals surface area contributed by atoms with Gasteiger partial charge in [-0.15, -0.1) is 0 Å². The van der Waals surface area contributed by atoms with Crippen molar-refractivity contribution in [3.63, 3.8) is 0 Å². The summed E-state index contributed by atoms with van der Waals surface area (Å²) in [6.07, 6.45) is 4.42. The number of ether oxygens (including phenoxy) is 1. The molecule has 0 saturated heterocycles. The molecule has 15 heavy (non-hydrogen) atoms. The Hall–Kier alpha value is -1.03. The van der Waals surface area contributed by atoms with E-state index in [9.17, 15) is 0 Å². The van der Waals surface area contributed by atoms with Gasteiger partial charge in [0.15, 0.2) is 5.75 Å². The van der Waals surface area contributed by atoms with E-state index >= 15 is 0 Å². The molecular formula is C11H19N3O. The monoisotopic (exact) mass is 209 g/mol. The number of aromatic nitrogens is 2. The van der Waals surface area contributed by atoms with Crippen molar-refractivity contribution in [2.75, 3.05) is 13.7 Å². The topological polar surface area (TPSA) is 39.1 Å². The highest BCUT2D eigenvalue weighted by molar-refractivity contribution is 5.29. The van der Waals surface area contributed by atoms with Gasteiger partial charge in [0.05, 0.1) is 25.0 Å². The van der Waals surface area contributed by atoms with Crippen molar-refractivity contribution in [2.24, 2.45) is 13.0 Å². The van der Waals surface area contributed by atoms with E-state index in [1.165, 1.54) is 18.5 Å². The smallest absolute Gasteiger partial charge is 0.161 e. The molecule has 1 fully saturated rings. The Kier molecular flexibility index (Phi) is 2.95. The summed E-state index contributed by atoms with van der Waals surface area (Å²) < 4.78 is 7.27. The highest BCUT2D eigenvalue weighted by Crippen LogP contribution is 2.43. The number of rotatable bonds is 5. The highest BCUT2D eigenvalue weighted by Gasteiger charge is 2.35. The Labute approximate surface area is 90.6 Å². The molecule has 1 aromatic heterocycles. The third kappa shape index (κ3) is 2.00. The van der Waals surface area contributed by atoms with Crippen LogP contribution in [0.5, 0.6) is 5.75 Å². The van der Waals surface area contributed by atoms with Crippen LogP contribution in [0.1, 0.15) is 31.5 Å². The molecule has 1 aromatic rings. The Morgan fingerprint density at radius 2 is 2.40 bits per heavy atom. The minimum Gasteiger partial charge on any atom is -0.493 e. The van der Waals surface area contributed by atoms with Crippen molar-refractivity contribution in [1.82, 2.24) is 15.1 Å². The Morgan fingerprint density at radius 1 is 1.67 bits per heavy atom. The first kappa shape index (κ1) is 10.5. The van der Waals surface area contributed by atoms with Crippen LogP contribution in [0, 0.1) is 5.92 Å². The summed E-state index contributed by atoms with van der Waals surface area (Å²) in [5, 5.41) is 7.77. The van der Waals surface area contributed by atoms with Crippen LogP contribution in [0.2, 0.25) is 0 Å². The first-order chi connectivity index (χ1) is 7.27. The lowest BCUT2D eigenvalue weighted by Crippen LogP contribution is -2.25.